The molecule has 1 saturated carbocycles. The Hall–Kier alpha value is -1.10. The van der Waals surface area contributed by atoms with E-state index in [9.17, 15) is 14.7 Å². The van der Waals surface area contributed by atoms with Crippen molar-refractivity contribution in [3.63, 3.8) is 0 Å². The number of carboxylic acid groups (broad SMARTS) is 1. The molecule has 0 radical (unpaired) electrons. The van der Waals surface area contributed by atoms with Crippen molar-refractivity contribution in [2.45, 2.75) is 70.8 Å². The van der Waals surface area contributed by atoms with E-state index in [0.29, 0.717) is 12.5 Å². The molecule has 1 fully saturated rings. The first-order valence-corrected chi connectivity index (χ1v) is 8.18. The summed E-state index contributed by atoms with van der Waals surface area (Å²) >= 11 is 0. The standard InChI is InChI=1S/C16H29NO4/c1-12-8-9-14(18)13(11-12)16(21)17-10-6-4-2-3-5-7-15(19)20/h12-14,18H,2-11H2,1H3,(H,17,21)(H,19,20). The Labute approximate surface area is 127 Å². The minimum Gasteiger partial charge on any atom is -0.481 e. The van der Waals surface area contributed by atoms with Crippen LogP contribution in [0.3, 0.4) is 0 Å². The summed E-state index contributed by atoms with van der Waals surface area (Å²) < 4.78 is 0. The molecular formula is C16H29NO4. The fourth-order valence-electron chi connectivity index (χ4n) is 2.92. The molecule has 1 aliphatic carbocycles. The zero-order valence-corrected chi connectivity index (χ0v) is 13.0. The summed E-state index contributed by atoms with van der Waals surface area (Å²) in [6, 6.07) is 0. The Bertz CT molecular complexity index is 332. The number of carbonyl (C=O) groups is 2. The van der Waals surface area contributed by atoms with Crippen LogP contribution in [-0.4, -0.2) is 34.7 Å². The Morgan fingerprint density at radius 1 is 1.10 bits per heavy atom. The van der Waals surface area contributed by atoms with Gasteiger partial charge in [-0.25, -0.2) is 0 Å². The van der Waals surface area contributed by atoms with Crippen LogP contribution in [0, 0.1) is 11.8 Å². The maximum absolute atomic E-state index is 12.0. The van der Waals surface area contributed by atoms with Crippen molar-refractivity contribution < 1.29 is 19.8 Å². The smallest absolute Gasteiger partial charge is 0.303 e. The molecule has 5 nitrogen and oxygen atoms in total. The third-order valence-corrected chi connectivity index (χ3v) is 4.28. The van der Waals surface area contributed by atoms with Gasteiger partial charge in [0.25, 0.3) is 0 Å². The number of aliphatic hydroxyl groups is 1. The van der Waals surface area contributed by atoms with Gasteiger partial charge in [-0.15, -0.1) is 0 Å². The molecule has 3 atom stereocenters. The van der Waals surface area contributed by atoms with Crippen LogP contribution in [0.25, 0.3) is 0 Å². The number of amides is 1. The lowest BCUT2D eigenvalue weighted by Crippen LogP contribution is -2.41. The first-order valence-electron chi connectivity index (χ1n) is 8.18. The summed E-state index contributed by atoms with van der Waals surface area (Å²) in [5.41, 5.74) is 0. The number of aliphatic hydroxyl groups excluding tert-OH is 1. The predicted molar refractivity (Wildman–Crippen MR) is 80.9 cm³/mol. The lowest BCUT2D eigenvalue weighted by Gasteiger charge is -2.30. The number of unbranched alkanes of at least 4 members (excludes halogenated alkanes) is 4. The van der Waals surface area contributed by atoms with Crippen molar-refractivity contribution in [2.24, 2.45) is 11.8 Å². The highest BCUT2D eigenvalue weighted by Crippen LogP contribution is 2.29. The molecule has 0 aromatic heterocycles. The van der Waals surface area contributed by atoms with Crippen molar-refractivity contribution in [2.75, 3.05) is 6.54 Å². The highest BCUT2D eigenvalue weighted by molar-refractivity contribution is 5.79. The molecule has 5 heteroatoms. The molecule has 21 heavy (non-hydrogen) atoms. The number of rotatable bonds is 9. The maximum Gasteiger partial charge on any atom is 0.303 e. The van der Waals surface area contributed by atoms with Gasteiger partial charge in [-0.05, 0) is 38.0 Å². The Morgan fingerprint density at radius 2 is 1.76 bits per heavy atom. The van der Waals surface area contributed by atoms with Crippen LogP contribution in [0.4, 0.5) is 0 Å². The van der Waals surface area contributed by atoms with Gasteiger partial charge in [0.1, 0.15) is 0 Å². The van der Waals surface area contributed by atoms with E-state index < -0.39 is 12.1 Å². The Morgan fingerprint density at radius 3 is 2.48 bits per heavy atom. The highest BCUT2D eigenvalue weighted by atomic mass is 16.4. The van der Waals surface area contributed by atoms with E-state index in [1.54, 1.807) is 0 Å². The quantitative estimate of drug-likeness (QED) is 0.570. The number of hydrogen-bond acceptors (Lipinski definition) is 3. The second kappa shape index (κ2) is 9.77. The van der Waals surface area contributed by atoms with Crippen LogP contribution in [0.5, 0.6) is 0 Å². The summed E-state index contributed by atoms with van der Waals surface area (Å²) in [6.45, 7) is 2.78. The van der Waals surface area contributed by atoms with Crippen LogP contribution in [0.15, 0.2) is 0 Å². The maximum atomic E-state index is 12.0. The van der Waals surface area contributed by atoms with Crippen molar-refractivity contribution in [3.05, 3.63) is 0 Å². The van der Waals surface area contributed by atoms with Crippen molar-refractivity contribution >= 4 is 11.9 Å². The largest absolute Gasteiger partial charge is 0.481 e. The second-order valence-electron chi connectivity index (χ2n) is 6.29. The number of nitrogens with one attached hydrogen (secondary N) is 1. The summed E-state index contributed by atoms with van der Waals surface area (Å²) in [4.78, 5) is 22.4. The number of aliphatic carboxylic acids is 1. The monoisotopic (exact) mass is 299 g/mol. The third kappa shape index (κ3) is 7.46. The van der Waals surface area contributed by atoms with Gasteiger partial charge in [-0.2, -0.15) is 0 Å². The van der Waals surface area contributed by atoms with Gasteiger partial charge in [-0.3, -0.25) is 9.59 Å². The van der Waals surface area contributed by atoms with Gasteiger partial charge < -0.3 is 15.5 Å². The lowest BCUT2D eigenvalue weighted by molar-refractivity contribution is -0.137. The minimum absolute atomic E-state index is 0.0140. The molecule has 1 amide bonds. The second-order valence-corrected chi connectivity index (χ2v) is 6.29. The molecule has 0 spiro atoms. The Kier molecular flexibility index (Phi) is 8.35. The number of carbonyl (C=O) groups excluding carboxylic acids is 1. The van der Waals surface area contributed by atoms with Gasteiger partial charge in [0.05, 0.1) is 12.0 Å². The van der Waals surface area contributed by atoms with E-state index in [1.165, 1.54) is 0 Å². The zero-order valence-electron chi connectivity index (χ0n) is 13.0. The normalized spacial score (nSPS) is 25.5. The average molecular weight is 299 g/mol. The summed E-state index contributed by atoms with van der Waals surface area (Å²) in [5, 5.41) is 21.3. The molecule has 0 bridgehead atoms. The fourth-order valence-corrected chi connectivity index (χ4v) is 2.92. The van der Waals surface area contributed by atoms with Crippen molar-refractivity contribution in [3.8, 4) is 0 Å². The number of hydrogen-bond donors (Lipinski definition) is 3. The molecule has 0 aromatic rings. The van der Waals surface area contributed by atoms with E-state index >= 15 is 0 Å². The fraction of sp³-hybridized carbons (Fsp3) is 0.875. The van der Waals surface area contributed by atoms with E-state index in [-0.39, 0.29) is 18.2 Å². The Balaban J connectivity index is 2.04. The predicted octanol–water partition coefficient (Wildman–Crippen LogP) is 2.32. The SMILES string of the molecule is CC1CCC(O)C(C(=O)NCCCCCCCC(=O)O)C1. The summed E-state index contributed by atoms with van der Waals surface area (Å²) in [7, 11) is 0. The van der Waals surface area contributed by atoms with Crippen LogP contribution < -0.4 is 5.32 Å². The van der Waals surface area contributed by atoms with Crippen molar-refractivity contribution in [1.29, 1.82) is 0 Å². The molecule has 3 N–H and O–H groups in total. The molecule has 0 saturated heterocycles. The minimum atomic E-state index is -0.734. The zero-order chi connectivity index (χ0) is 15.7. The molecule has 1 rings (SSSR count). The topological polar surface area (TPSA) is 86.6 Å². The summed E-state index contributed by atoms with van der Waals surface area (Å²) in [5.74, 6) is -0.481. The van der Waals surface area contributed by atoms with Crippen LogP contribution in [0.2, 0.25) is 0 Å². The van der Waals surface area contributed by atoms with Gasteiger partial charge in [-0.1, -0.05) is 26.2 Å². The third-order valence-electron chi connectivity index (χ3n) is 4.28. The van der Waals surface area contributed by atoms with Crippen LogP contribution in [-0.2, 0) is 9.59 Å². The molecule has 0 heterocycles. The number of carboxylic acids is 1. The average Bonchev–Trinajstić information content (AvgIpc) is 2.43. The molecule has 1 aliphatic rings. The first-order chi connectivity index (χ1) is 10.0. The van der Waals surface area contributed by atoms with Crippen molar-refractivity contribution in [1.82, 2.24) is 5.32 Å². The van der Waals surface area contributed by atoms with Gasteiger partial charge in [0.15, 0.2) is 0 Å². The molecular weight excluding hydrogens is 270 g/mol. The van der Waals surface area contributed by atoms with Crippen LogP contribution >= 0.6 is 0 Å². The van der Waals surface area contributed by atoms with Gasteiger partial charge in [0.2, 0.25) is 5.91 Å². The van der Waals surface area contributed by atoms with Gasteiger partial charge in [0, 0.05) is 13.0 Å². The van der Waals surface area contributed by atoms with E-state index in [0.717, 1.165) is 51.4 Å². The highest BCUT2D eigenvalue weighted by Gasteiger charge is 2.32. The van der Waals surface area contributed by atoms with E-state index in [4.69, 9.17) is 5.11 Å². The van der Waals surface area contributed by atoms with Crippen LogP contribution in [0.1, 0.15) is 64.7 Å². The van der Waals surface area contributed by atoms with Gasteiger partial charge >= 0.3 is 5.97 Å². The lowest BCUT2D eigenvalue weighted by atomic mass is 9.80. The molecule has 122 valence electrons. The van der Waals surface area contributed by atoms with E-state index in [1.807, 2.05) is 0 Å². The first kappa shape index (κ1) is 18.0. The van der Waals surface area contributed by atoms with E-state index in [2.05, 4.69) is 12.2 Å². The molecule has 3 unspecified atom stereocenters. The molecule has 0 aliphatic heterocycles. The summed E-state index contributed by atoms with van der Waals surface area (Å²) in [6.07, 6.45) is 6.85. The molecule has 0 aromatic carbocycles.